The molecule has 0 aromatic carbocycles. The second-order valence-corrected chi connectivity index (χ2v) is 5.37. The standard InChI is InChI=1S/C13H20BrN5/c1-4-11(5-2)18(7-6-14)12-8-10(3)17-13-15-9-16-19(12)13/h8-9,11H,4-7H2,1-3H3. The third-order valence-corrected chi connectivity index (χ3v) is 3.72. The number of aromatic nitrogens is 4. The lowest BCUT2D eigenvalue weighted by Crippen LogP contribution is -2.37. The summed E-state index contributed by atoms with van der Waals surface area (Å²) >= 11 is 3.54. The van der Waals surface area contributed by atoms with Crippen molar-refractivity contribution < 1.29 is 0 Å². The lowest BCUT2D eigenvalue weighted by molar-refractivity contribution is 0.557. The quantitative estimate of drug-likeness (QED) is 0.766. The largest absolute Gasteiger partial charge is 0.353 e. The Kier molecular flexibility index (Phi) is 4.74. The van der Waals surface area contributed by atoms with Gasteiger partial charge in [0.15, 0.2) is 0 Å². The van der Waals surface area contributed by atoms with Gasteiger partial charge in [-0.05, 0) is 19.8 Å². The van der Waals surface area contributed by atoms with Gasteiger partial charge < -0.3 is 4.90 Å². The Labute approximate surface area is 122 Å². The number of aryl methyl sites for hydroxylation is 1. The molecule has 0 atom stereocenters. The van der Waals surface area contributed by atoms with Crippen LogP contribution in [0.5, 0.6) is 0 Å². The fourth-order valence-corrected chi connectivity index (χ4v) is 2.80. The van der Waals surface area contributed by atoms with Gasteiger partial charge in [-0.1, -0.05) is 29.8 Å². The topological polar surface area (TPSA) is 46.3 Å². The minimum absolute atomic E-state index is 0.506. The van der Waals surface area contributed by atoms with Gasteiger partial charge in [0, 0.05) is 29.7 Å². The fraction of sp³-hybridized carbons (Fsp3) is 0.615. The summed E-state index contributed by atoms with van der Waals surface area (Å²) in [6.07, 6.45) is 3.78. The third-order valence-electron chi connectivity index (χ3n) is 3.36. The van der Waals surface area contributed by atoms with Crippen molar-refractivity contribution in [1.82, 2.24) is 19.6 Å². The Balaban J connectivity index is 2.51. The van der Waals surface area contributed by atoms with Crippen molar-refractivity contribution in [3.63, 3.8) is 0 Å². The summed E-state index contributed by atoms with van der Waals surface area (Å²) in [7, 11) is 0. The van der Waals surface area contributed by atoms with Crippen molar-refractivity contribution in [2.24, 2.45) is 0 Å². The summed E-state index contributed by atoms with van der Waals surface area (Å²) in [5.41, 5.74) is 0.973. The van der Waals surface area contributed by atoms with E-state index in [0.717, 1.165) is 36.2 Å². The highest BCUT2D eigenvalue weighted by Crippen LogP contribution is 2.21. The molecule has 0 bridgehead atoms. The maximum absolute atomic E-state index is 4.40. The smallest absolute Gasteiger partial charge is 0.254 e. The first-order valence-corrected chi connectivity index (χ1v) is 7.83. The molecule has 5 nitrogen and oxygen atoms in total. The number of halogens is 1. The van der Waals surface area contributed by atoms with Crippen molar-refractivity contribution in [3.05, 3.63) is 18.1 Å². The molecule has 19 heavy (non-hydrogen) atoms. The Morgan fingerprint density at radius 1 is 1.37 bits per heavy atom. The van der Waals surface area contributed by atoms with E-state index in [1.165, 1.54) is 0 Å². The molecule has 0 saturated carbocycles. The first-order valence-electron chi connectivity index (χ1n) is 6.71. The minimum atomic E-state index is 0.506. The summed E-state index contributed by atoms with van der Waals surface area (Å²) in [5, 5.41) is 5.23. The number of rotatable bonds is 6. The molecule has 0 amide bonds. The number of hydrogen-bond acceptors (Lipinski definition) is 4. The van der Waals surface area contributed by atoms with E-state index in [9.17, 15) is 0 Å². The molecule has 0 aliphatic rings. The number of fused-ring (bicyclic) bond motifs is 1. The lowest BCUT2D eigenvalue weighted by atomic mass is 10.1. The molecule has 0 radical (unpaired) electrons. The number of alkyl halides is 1. The molecular weight excluding hydrogens is 306 g/mol. The normalized spacial score (nSPS) is 11.4. The van der Waals surface area contributed by atoms with Gasteiger partial charge in [-0.2, -0.15) is 14.6 Å². The van der Waals surface area contributed by atoms with E-state index in [1.807, 2.05) is 11.4 Å². The Hall–Kier alpha value is -1.17. The van der Waals surface area contributed by atoms with Crippen LogP contribution >= 0.6 is 15.9 Å². The highest BCUT2D eigenvalue weighted by molar-refractivity contribution is 9.09. The van der Waals surface area contributed by atoms with Crippen molar-refractivity contribution in [2.45, 2.75) is 39.7 Å². The van der Waals surface area contributed by atoms with Gasteiger partial charge in [-0.15, -0.1) is 0 Å². The Morgan fingerprint density at radius 3 is 2.74 bits per heavy atom. The van der Waals surface area contributed by atoms with Crippen LogP contribution < -0.4 is 4.90 Å². The molecule has 0 unspecified atom stereocenters. The number of hydrogen-bond donors (Lipinski definition) is 0. The molecule has 0 aliphatic carbocycles. The summed E-state index contributed by atoms with van der Waals surface area (Å²) in [6.45, 7) is 7.39. The van der Waals surface area contributed by atoms with E-state index in [0.29, 0.717) is 11.8 Å². The maximum atomic E-state index is 4.40. The summed E-state index contributed by atoms with van der Waals surface area (Å²) in [5.74, 6) is 1.74. The average molecular weight is 326 g/mol. The van der Waals surface area contributed by atoms with E-state index >= 15 is 0 Å². The van der Waals surface area contributed by atoms with E-state index in [2.05, 4.69) is 55.8 Å². The molecule has 0 spiro atoms. The molecule has 2 aromatic rings. The van der Waals surface area contributed by atoms with Gasteiger partial charge in [-0.25, -0.2) is 4.98 Å². The second kappa shape index (κ2) is 6.32. The van der Waals surface area contributed by atoms with E-state index in [-0.39, 0.29) is 0 Å². The SMILES string of the molecule is CCC(CC)N(CCBr)c1cc(C)nc2ncnn12. The zero-order valence-electron chi connectivity index (χ0n) is 11.7. The summed E-state index contributed by atoms with van der Waals surface area (Å²) in [4.78, 5) is 11.0. The molecule has 2 heterocycles. The van der Waals surface area contributed by atoms with Crippen LogP contribution in [0.25, 0.3) is 5.78 Å². The van der Waals surface area contributed by atoms with Crippen LogP contribution in [0.15, 0.2) is 12.4 Å². The third kappa shape index (κ3) is 2.88. The van der Waals surface area contributed by atoms with Gasteiger partial charge in [0.2, 0.25) is 0 Å². The predicted octanol–water partition coefficient (Wildman–Crippen LogP) is 2.82. The van der Waals surface area contributed by atoms with Crippen LogP contribution in [0.2, 0.25) is 0 Å². The van der Waals surface area contributed by atoms with Gasteiger partial charge in [0.25, 0.3) is 5.78 Å². The number of anilines is 1. The highest BCUT2D eigenvalue weighted by atomic mass is 79.9. The number of nitrogens with zero attached hydrogens (tertiary/aromatic N) is 5. The molecular formula is C13H20BrN5. The lowest BCUT2D eigenvalue weighted by Gasteiger charge is -2.32. The summed E-state index contributed by atoms with van der Waals surface area (Å²) < 4.78 is 1.83. The zero-order valence-corrected chi connectivity index (χ0v) is 13.3. The highest BCUT2D eigenvalue weighted by Gasteiger charge is 2.19. The van der Waals surface area contributed by atoms with Crippen LogP contribution in [-0.2, 0) is 0 Å². The molecule has 2 aromatic heterocycles. The molecule has 0 N–H and O–H groups in total. The second-order valence-electron chi connectivity index (χ2n) is 4.58. The zero-order chi connectivity index (χ0) is 13.8. The van der Waals surface area contributed by atoms with Crippen LogP contribution in [-0.4, -0.2) is 37.5 Å². The molecule has 0 fully saturated rings. The molecule has 0 aliphatic heterocycles. The maximum Gasteiger partial charge on any atom is 0.254 e. The van der Waals surface area contributed by atoms with Crippen LogP contribution in [0.4, 0.5) is 5.82 Å². The van der Waals surface area contributed by atoms with Gasteiger partial charge in [0.05, 0.1) is 0 Å². The first kappa shape index (κ1) is 14.2. The molecule has 0 saturated heterocycles. The first-order chi connectivity index (χ1) is 9.21. The van der Waals surface area contributed by atoms with Crippen LogP contribution in [0.3, 0.4) is 0 Å². The monoisotopic (exact) mass is 325 g/mol. The van der Waals surface area contributed by atoms with E-state index < -0.39 is 0 Å². The fourth-order valence-electron chi connectivity index (χ4n) is 2.42. The Bertz CT molecular complexity index is 535. The van der Waals surface area contributed by atoms with E-state index in [1.54, 1.807) is 6.33 Å². The molecule has 6 heteroatoms. The van der Waals surface area contributed by atoms with Crippen molar-refractivity contribution in [3.8, 4) is 0 Å². The van der Waals surface area contributed by atoms with Gasteiger partial charge >= 0.3 is 0 Å². The van der Waals surface area contributed by atoms with Gasteiger partial charge in [0.1, 0.15) is 12.1 Å². The average Bonchev–Trinajstić information content (AvgIpc) is 2.86. The summed E-state index contributed by atoms with van der Waals surface area (Å²) in [6, 6.07) is 2.59. The van der Waals surface area contributed by atoms with Crippen molar-refractivity contribution in [2.75, 3.05) is 16.8 Å². The minimum Gasteiger partial charge on any atom is -0.353 e. The van der Waals surface area contributed by atoms with Crippen molar-refractivity contribution in [1.29, 1.82) is 0 Å². The molecule has 104 valence electrons. The Morgan fingerprint density at radius 2 is 2.11 bits per heavy atom. The van der Waals surface area contributed by atoms with Crippen LogP contribution in [0, 0.1) is 6.92 Å². The molecule has 2 rings (SSSR count). The van der Waals surface area contributed by atoms with E-state index in [4.69, 9.17) is 0 Å². The van der Waals surface area contributed by atoms with Crippen LogP contribution in [0.1, 0.15) is 32.4 Å². The van der Waals surface area contributed by atoms with Crippen molar-refractivity contribution >= 4 is 27.5 Å². The predicted molar refractivity (Wildman–Crippen MR) is 81.0 cm³/mol. The van der Waals surface area contributed by atoms with Gasteiger partial charge in [-0.3, -0.25) is 0 Å².